The van der Waals surface area contributed by atoms with Crippen LogP contribution in [0.25, 0.3) is 10.9 Å². The van der Waals surface area contributed by atoms with E-state index in [1.807, 2.05) is 61.5 Å². The molecule has 1 aliphatic rings. The van der Waals surface area contributed by atoms with E-state index < -0.39 is 0 Å². The van der Waals surface area contributed by atoms with Crippen molar-refractivity contribution in [3.8, 4) is 6.07 Å². The third-order valence-electron chi connectivity index (χ3n) is 5.75. The molecule has 2 aromatic carbocycles. The highest BCUT2D eigenvalue weighted by molar-refractivity contribution is 5.90. The molecule has 6 nitrogen and oxygen atoms in total. The molecule has 1 fully saturated rings. The number of hydrogen-bond acceptors (Lipinski definition) is 6. The van der Waals surface area contributed by atoms with Crippen molar-refractivity contribution in [2.45, 2.75) is 44.3 Å². The highest BCUT2D eigenvalue weighted by Crippen LogP contribution is 2.26. The zero-order valence-corrected chi connectivity index (χ0v) is 17.6. The third-order valence-corrected chi connectivity index (χ3v) is 5.75. The molecule has 0 saturated heterocycles. The van der Waals surface area contributed by atoms with Crippen LogP contribution in [0, 0.1) is 11.3 Å². The number of anilines is 2. The summed E-state index contributed by atoms with van der Waals surface area (Å²) in [6.45, 7) is 0.842. The van der Waals surface area contributed by atoms with Crippen LogP contribution in [0.1, 0.15) is 36.8 Å². The van der Waals surface area contributed by atoms with Crippen molar-refractivity contribution in [1.82, 2.24) is 15.3 Å². The summed E-state index contributed by atoms with van der Waals surface area (Å²) >= 11 is 0. The summed E-state index contributed by atoms with van der Waals surface area (Å²) in [4.78, 5) is 11.5. The fourth-order valence-corrected chi connectivity index (χ4v) is 4.05. The van der Waals surface area contributed by atoms with Gasteiger partial charge in [0, 0.05) is 38.1 Å². The molecule has 1 aromatic heterocycles. The standard InChI is InChI=1S/C24H28N6/c1-30(2)23-21-5-3-4-6-22(21)28-24(29-23)27-20-13-11-19(12-14-20)26-16-18-9-7-17(15-25)8-10-18/h3-10,19-20,26H,11-14,16H2,1-2H3,(H,27,28,29). The molecule has 0 atom stereocenters. The van der Waals surface area contributed by atoms with Crippen molar-refractivity contribution in [3.05, 3.63) is 59.7 Å². The molecule has 3 aromatic rings. The van der Waals surface area contributed by atoms with Crippen LogP contribution in [0.3, 0.4) is 0 Å². The Bertz CT molecular complexity index is 1030. The summed E-state index contributed by atoms with van der Waals surface area (Å²) in [6.07, 6.45) is 4.45. The molecule has 154 valence electrons. The summed E-state index contributed by atoms with van der Waals surface area (Å²) < 4.78 is 0. The van der Waals surface area contributed by atoms with Gasteiger partial charge in [-0.1, -0.05) is 24.3 Å². The van der Waals surface area contributed by atoms with Crippen LogP contribution >= 0.6 is 0 Å². The fourth-order valence-electron chi connectivity index (χ4n) is 4.05. The maximum Gasteiger partial charge on any atom is 0.225 e. The van der Waals surface area contributed by atoms with E-state index in [1.54, 1.807) is 0 Å². The molecule has 0 radical (unpaired) electrons. The van der Waals surface area contributed by atoms with E-state index in [0.29, 0.717) is 23.6 Å². The van der Waals surface area contributed by atoms with Crippen molar-refractivity contribution < 1.29 is 0 Å². The van der Waals surface area contributed by atoms with Gasteiger partial charge in [0.25, 0.3) is 0 Å². The largest absolute Gasteiger partial charge is 0.362 e. The number of nitrogens with one attached hydrogen (secondary N) is 2. The van der Waals surface area contributed by atoms with Crippen molar-refractivity contribution >= 4 is 22.7 Å². The second-order valence-corrected chi connectivity index (χ2v) is 8.16. The molecule has 0 spiro atoms. The zero-order valence-electron chi connectivity index (χ0n) is 17.6. The minimum atomic E-state index is 0.397. The molecular formula is C24H28N6. The lowest BCUT2D eigenvalue weighted by molar-refractivity contribution is 0.352. The van der Waals surface area contributed by atoms with Gasteiger partial charge < -0.3 is 15.5 Å². The van der Waals surface area contributed by atoms with Gasteiger partial charge in [-0.25, -0.2) is 4.98 Å². The summed E-state index contributed by atoms with van der Waals surface area (Å²) in [5.74, 6) is 1.66. The average Bonchev–Trinajstić information content (AvgIpc) is 2.78. The van der Waals surface area contributed by atoms with E-state index in [9.17, 15) is 0 Å². The highest BCUT2D eigenvalue weighted by Gasteiger charge is 2.22. The first-order chi connectivity index (χ1) is 14.6. The molecule has 1 aliphatic carbocycles. The van der Waals surface area contributed by atoms with Gasteiger partial charge >= 0.3 is 0 Å². The van der Waals surface area contributed by atoms with Crippen LogP contribution in [0.5, 0.6) is 0 Å². The van der Waals surface area contributed by atoms with E-state index in [-0.39, 0.29) is 0 Å². The Hall–Kier alpha value is -3.17. The lowest BCUT2D eigenvalue weighted by Crippen LogP contribution is -2.37. The lowest BCUT2D eigenvalue weighted by atomic mass is 9.91. The number of aromatic nitrogens is 2. The number of nitriles is 1. The molecule has 4 rings (SSSR count). The maximum absolute atomic E-state index is 8.90. The van der Waals surface area contributed by atoms with Gasteiger partial charge in [-0.2, -0.15) is 10.2 Å². The van der Waals surface area contributed by atoms with E-state index in [0.717, 1.165) is 48.9 Å². The fraction of sp³-hybridized carbons (Fsp3) is 0.375. The lowest BCUT2D eigenvalue weighted by Gasteiger charge is -2.30. The average molecular weight is 401 g/mol. The Morgan fingerprint density at radius 1 is 0.967 bits per heavy atom. The molecule has 6 heteroatoms. The molecule has 0 aliphatic heterocycles. The van der Waals surface area contributed by atoms with Crippen LogP contribution in [0.2, 0.25) is 0 Å². The molecule has 30 heavy (non-hydrogen) atoms. The monoisotopic (exact) mass is 400 g/mol. The molecule has 0 bridgehead atoms. The SMILES string of the molecule is CN(C)c1nc(NC2CCC(NCc3ccc(C#N)cc3)CC2)nc2ccccc12. The number of hydrogen-bond donors (Lipinski definition) is 2. The van der Waals surface area contributed by atoms with Crippen molar-refractivity contribution in [3.63, 3.8) is 0 Å². The Labute approximate surface area is 178 Å². The Morgan fingerprint density at radius 3 is 2.37 bits per heavy atom. The van der Waals surface area contributed by atoms with Crippen LogP contribution in [-0.2, 0) is 6.54 Å². The Kier molecular flexibility index (Phi) is 6.10. The molecule has 0 amide bonds. The molecule has 1 heterocycles. The summed E-state index contributed by atoms with van der Waals surface area (Å²) in [7, 11) is 4.03. The van der Waals surface area contributed by atoms with Gasteiger partial charge in [0.2, 0.25) is 5.95 Å². The van der Waals surface area contributed by atoms with Gasteiger partial charge in [0.15, 0.2) is 0 Å². The van der Waals surface area contributed by atoms with Gasteiger partial charge in [-0.05, 0) is 55.5 Å². The minimum absolute atomic E-state index is 0.397. The smallest absolute Gasteiger partial charge is 0.225 e. The predicted molar refractivity (Wildman–Crippen MR) is 122 cm³/mol. The Balaban J connectivity index is 1.33. The molecule has 0 unspecified atom stereocenters. The summed E-state index contributed by atoms with van der Waals surface area (Å²) in [5, 5.41) is 17.2. The third kappa shape index (κ3) is 4.69. The van der Waals surface area contributed by atoms with Gasteiger partial charge in [0.05, 0.1) is 17.1 Å². The number of para-hydroxylation sites is 1. The number of rotatable bonds is 6. The van der Waals surface area contributed by atoms with Crippen LogP contribution in [0.4, 0.5) is 11.8 Å². The maximum atomic E-state index is 8.90. The second-order valence-electron chi connectivity index (χ2n) is 8.16. The number of nitrogens with zero attached hydrogens (tertiary/aromatic N) is 4. The summed E-state index contributed by atoms with van der Waals surface area (Å²) in [5.41, 5.74) is 2.89. The molecule has 2 N–H and O–H groups in total. The molecule has 1 saturated carbocycles. The van der Waals surface area contributed by atoms with E-state index in [1.165, 1.54) is 5.56 Å². The molecular weight excluding hydrogens is 372 g/mol. The number of benzene rings is 2. The van der Waals surface area contributed by atoms with Crippen LogP contribution in [0.15, 0.2) is 48.5 Å². The van der Waals surface area contributed by atoms with Gasteiger partial charge in [0.1, 0.15) is 5.82 Å². The van der Waals surface area contributed by atoms with Crippen molar-refractivity contribution in [1.29, 1.82) is 5.26 Å². The second kappa shape index (κ2) is 9.10. The Morgan fingerprint density at radius 2 is 1.67 bits per heavy atom. The van der Waals surface area contributed by atoms with Crippen LogP contribution in [-0.4, -0.2) is 36.1 Å². The van der Waals surface area contributed by atoms with Gasteiger partial charge in [-0.3, -0.25) is 0 Å². The first kappa shape index (κ1) is 20.1. The van der Waals surface area contributed by atoms with E-state index in [2.05, 4.69) is 22.8 Å². The van der Waals surface area contributed by atoms with Crippen molar-refractivity contribution in [2.75, 3.05) is 24.3 Å². The number of fused-ring (bicyclic) bond motifs is 1. The quantitative estimate of drug-likeness (QED) is 0.649. The van der Waals surface area contributed by atoms with Gasteiger partial charge in [-0.15, -0.1) is 0 Å². The first-order valence-corrected chi connectivity index (χ1v) is 10.6. The van der Waals surface area contributed by atoms with E-state index >= 15 is 0 Å². The first-order valence-electron chi connectivity index (χ1n) is 10.6. The van der Waals surface area contributed by atoms with Crippen LogP contribution < -0.4 is 15.5 Å². The topological polar surface area (TPSA) is 76.9 Å². The highest BCUT2D eigenvalue weighted by atomic mass is 15.2. The summed E-state index contributed by atoms with van der Waals surface area (Å²) in [6, 6.07) is 19.0. The van der Waals surface area contributed by atoms with Crippen molar-refractivity contribution in [2.24, 2.45) is 0 Å². The zero-order chi connectivity index (χ0) is 20.9. The normalized spacial score (nSPS) is 18.7. The minimum Gasteiger partial charge on any atom is -0.362 e. The predicted octanol–water partition coefficient (Wildman–Crippen LogP) is 4.08. The van der Waals surface area contributed by atoms with E-state index in [4.69, 9.17) is 15.2 Å².